The van der Waals surface area contributed by atoms with Gasteiger partial charge in [0.15, 0.2) is 0 Å². The van der Waals surface area contributed by atoms with Crippen LogP contribution in [0.5, 0.6) is 0 Å². The zero-order valence-corrected chi connectivity index (χ0v) is 15.9. The monoisotopic (exact) mass is 332 g/mol. The summed E-state index contributed by atoms with van der Waals surface area (Å²) in [6.45, 7) is 5.84. The number of hydrogen-bond acceptors (Lipinski definition) is 4. The number of nitrogens with zero attached hydrogens (tertiary/aromatic N) is 2. The molecule has 0 fully saturated rings. The Bertz CT molecular complexity index is 169. The maximum Gasteiger partial charge on any atom is 2.00 e. The molecule has 0 amide bonds. The first-order chi connectivity index (χ1) is 6.36. The van der Waals surface area contributed by atoms with Crippen LogP contribution < -0.4 is 0 Å². The normalized spacial score (nSPS) is 7.73. The van der Waals surface area contributed by atoms with Crippen LogP contribution in [0.15, 0.2) is 0 Å². The fourth-order valence-corrected chi connectivity index (χ4v) is 0.775. The van der Waals surface area contributed by atoms with Gasteiger partial charge < -0.3 is 59.5 Å². The van der Waals surface area contributed by atoms with Crippen molar-refractivity contribution in [2.45, 2.75) is 13.8 Å². The summed E-state index contributed by atoms with van der Waals surface area (Å²) >= 11 is 18.6. The molecule has 0 spiro atoms. The molecule has 0 saturated heterocycles. The first-order valence-corrected chi connectivity index (χ1v) is 5.84. The van der Waals surface area contributed by atoms with Gasteiger partial charge in [-0.25, -0.2) is 0 Å². The minimum atomic E-state index is 0. The fourth-order valence-electron chi connectivity index (χ4n) is 0.258. The molecule has 15 heavy (non-hydrogen) atoms. The van der Waals surface area contributed by atoms with Gasteiger partial charge in [0, 0.05) is 27.2 Å². The molecule has 84 valence electrons. The standard InChI is InChI=1S/2C4H9NS2.Zn/c2*1-3-5(2)4(6)7;/h2*3H2,1-2H3,(H,6,7);/q;;+2/p-2. The molecule has 0 aliphatic rings. The molecule has 0 atom stereocenters. The zero-order chi connectivity index (χ0) is 11.7. The maximum atomic E-state index is 4.66. The second kappa shape index (κ2) is 12.9. The van der Waals surface area contributed by atoms with Gasteiger partial charge >= 0.3 is 19.5 Å². The van der Waals surface area contributed by atoms with Gasteiger partial charge in [0.25, 0.3) is 0 Å². The Morgan fingerprint density at radius 1 is 0.933 bits per heavy atom. The second-order valence-electron chi connectivity index (χ2n) is 2.56. The van der Waals surface area contributed by atoms with Gasteiger partial charge in [0.05, 0.1) is 0 Å². The van der Waals surface area contributed by atoms with Gasteiger partial charge in [-0.05, 0) is 13.8 Å². The predicted molar refractivity (Wildman–Crippen MR) is 76.5 cm³/mol. The van der Waals surface area contributed by atoms with Crippen LogP contribution in [0, 0.1) is 0 Å². The van der Waals surface area contributed by atoms with Crippen LogP contribution in [0.3, 0.4) is 0 Å². The van der Waals surface area contributed by atoms with Crippen LogP contribution in [0.2, 0.25) is 0 Å². The number of hydrogen-bond donors (Lipinski definition) is 0. The van der Waals surface area contributed by atoms with E-state index in [9.17, 15) is 0 Å². The molecule has 2 nitrogen and oxygen atoms in total. The van der Waals surface area contributed by atoms with Gasteiger partial charge in [0.2, 0.25) is 0 Å². The topological polar surface area (TPSA) is 6.48 Å². The van der Waals surface area contributed by atoms with Crippen molar-refractivity contribution in [2.75, 3.05) is 27.2 Å². The van der Waals surface area contributed by atoms with E-state index in [0.717, 1.165) is 13.1 Å². The summed E-state index contributed by atoms with van der Waals surface area (Å²) < 4.78 is 1.09. The number of thiocarbonyl (C=S) groups is 2. The van der Waals surface area contributed by atoms with Gasteiger partial charge in [-0.15, -0.1) is 0 Å². The fraction of sp³-hybridized carbons (Fsp3) is 0.750. The molecule has 7 heteroatoms. The Morgan fingerprint density at radius 3 is 1.13 bits per heavy atom. The van der Waals surface area contributed by atoms with Crippen molar-refractivity contribution in [3.8, 4) is 0 Å². The minimum absolute atomic E-state index is 0. The molecule has 0 aromatic carbocycles. The van der Waals surface area contributed by atoms with E-state index in [1.807, 2.05) is 37.7 Å². The maximum absolute atomic E-state index is 4.66. The van der Waals surface area contributed by atoms with Crippen molar-refractivity contribution in [1.29, 1.82) is 0 Å². The van der Waals surface area contributed by atoms with Gasteiger partial charge in [0.1, 0.15) is 0 Å². The Kier molecular flexibility index (Phi) is 18.2. The van der Waals surface area contributed by atoms with Crippen LogP contribution >= 0.6 is 24.4 Å². The molecule has 0 N–H and O–H groups in total. The van der Waals surface area contributed by atoms with E-state index in [0.29, 0.717) is 8.64 Å². The quantitative estimate of drug-likeness (QED) is 0.426. The zero-order valence-electron chi connectivity index (χ0n) is 9.65. The Morgan fingerprint density at radius 2 is 1.13 bits per heavy atom. The van der Waals surface area contributed by atoms with E-state index in [1.165, 1.54) is 0 Å². The summed E-state index contributed by atoms with van der Waals surface area (Å²) in [4.78, 5) is 3.68. The molecule has 0 saturated carbocycles. The Balaban J connectivity index is -0.000000180. The van der Waals surface area contributed by atoms with E-state index >= 15 is 0 Å². The van der Waals surface area contributed by atoms with Crippen LogP contribution in [0.4, 0.5) is 0 Å². The first kappa shape index (κ1) is 21.2. The molecule has 0 aliphatic carbocycles. The molecule has 0 radical (unpaired) electrons. The van der Waals surface area contributed by atoms with E-state index in [-0.39, 0.29) is 19.5 Å². The average Bonchev–Trinajstić information content (AvgIpc) is 2.15. The predicted octanol–water partition coefficient (Wildman–Crippen LogP) is 1.54. The summed E-state index contributed by atoms with van der Waals surface area (Å²) in [7, 11) is 3.77. The largest absolute Gasteiger partial charge is 2.00 e. The third-order valence-corrected chi connectivity index (χ3v) is 2.82. The van der Waals surface area contributed by atoms with Crippen LogP contribution in [-0.4, -0.2) is 45.6 Å². The van der Waals surface area contributed by atoms with Crippen LogP contribution in [0.1, 0.15) is 13.8 Å². The SMILES string of the molecule is CCN(C)C(=S)[S-].CCN(C)C(=S)[S-].[Zn+2]. The van der Waals surface area contributed by atoms with Gasteiger partial charge in [-0.3, -0.25) is 0 Å². The molecular weight excluding hydrogens is 318 g/mol. The molecule has 0 bridgehead atoms. The summed E-state index contributed by atoms with van der Waals surface area (Å²) in [6.07, 6.45) is 0. The van der Waals surface area contributed by atoms with E-state index in [2.05, 4.69) is 49.7 Å². The van der Waals surface area contributed by atoms with E-state index < -0.39 is 0 Å². The van der Waals surface area contributed by atoms with E-state index in [1.54, 1.807) is 0 Å². The molecule has 0 heterocycles. The molecule has 0 aromatic rings. The third kappa shape index (κ3) is 14.8. The van der Waals surface area contributed by atoms with Crippen molar-refractivity contribution < 1.29 is 19.5 Å². The van der Waals surface area contributed by atoms with E-state index in [4.69, 9.17) is 0 Å². The third-order valence-electron chi connectivity index (χ3n) is 1.57. The molecule has 0 aliphatic heterocycles. The summed E-state index contributed by atoms with van der Waals surface area (Å²) in [6, 6.07) is 0. The smallest absolute Gasteiger partial charge is 0.411 e. The average molecular weight is 334 g/mol. The molecule has 0 aromatic heterocycles. The van der Waals surface area contributed by atoms with Gasteiger partial charge in [-0.1, -0.05) is 8.64 Å². The molecule has 0 unspecified atom stereocenters. The van der Waals surface area contributed by atoms with Crippen LogP contribution in [0.25, 0.3) is 0 Å². The Labute approximate surface area is 128 Å². The van der Waals surface area contributed by atoms with Crippen molar-refractivity contribution >= 4 is 58.3 Å². The first-order valence-electron chi connectivity index (χ1n) is 4.20. The molecule has 0 rings (SSSR count). The van der Waals surface area contributed by atoms with Crippen molar-refractivity contribution in [3.63, 3.8) is 0 Å². The van der Waals surface area contributed by atoms with Crippen molar-refractivity contribution in [3.05, 3.63) is 0 Å². The van der Waals surface area contributed by atoms with Crippen molar-refractivity contribution in [1.82, 2.24) is 9.80 Å². The summed E-state index contributed by atoms with van der Waals surface area (Å²) in [5.74, 6) is 0. The second-order valence-corrected chi connectivity index (χ2v) is 4.62. The molecular formula is C8H16N2S4Zn. The Hall–Kier alpha value is 0.843. The summed E-state index contributed by atoms with van der Waals surface area (Å²) in [5, 5.41) is 0. The number of rotatable bonds is 2. The van der Waals surface area contributed by atoms with Crippen LogP contribution in [-0.2, 0) is 44.7 Å². The van der Waals surface area contributed by atoms with Gasteiger partial charge in [-0.2, -0.15) is 0 Å². The minimum Gasteiger partial charge on any atom is -0.411 e. The van der Waals surface area contributed by atoms with Crippen molar-refractivity contribution in [2.24, 2.45) is 0 Å². The summed E-state index contributed by atoms with van der Waals surface area (Å²) in [5.41, 5.74) is 0.